The van der Waals surface area contributed by atoms with Crippen molar-refractivity contribution in [3.63, 3.8) is 0 Å². The van der Waals surface area contributed by atoms with Gasteiger partial charge in [-0.3, -0.25) is 0 Å². The molecule has 0 saturated carbocycles. The van der Waals surface area contributed by atoms with Crippen LogP contribution in [0.15, 0.2) is 140 Å². The molecular weight excluding hydrogens is 817 g/mol. The molecule has 8 rings (SSSR count). The first-order valence-electron chi connectivity index (χ1n) is 15.4. The number of halogens is 2. The smallest absolute Gasteiger partial charge is 0.141 e. The molecule has 0 saturated heterocycles. The van der Waals surface area contributed by atoms with E-state index in [0.717, 1.165) is 10.1 Å². The Hall–Kier alpha value is -2.28. The number of para-hydroxylation sites is 2. The van der Waals surface area contributed by atoms with Crippen molar-refractivity contribution in [2.24, 2.45) is 0 Å². The number of aromatic nitrogens is 1. The molecule has 214 valence electrons. The van der Waals surface area contributed by atoms with Crippen LogP contribution < -0.4 is 0 Å². The highest BCUT2D eigenvalue weighted by Crippen LogP contribution is 2.57. The van der Waals surface area contributed by atoms with Crippen LogP contribution >= 0.6 is 69.4 Å². The third kappa shape index (κ3) is 5.87. The molecule has 44 heavy (non-hydrogen) atoms. The van der Waals surface area contributed by atoms with Gasteiger partial charge in [0.2, 0.25) is 0 Å². The second-order valence-electron chi connectivity index (χ2n) is 10.5. The van der Waals surface area contributed by atoms with Gasteiger partial charge in [0.05, 0.1) is 11.0 Å². The predicted octanol–water partition coefficient (Wildman–Crippen LogP) is 12.8. The summed E-state index contributed by atoms with van der Waals surface area (Å²) in [5, 5.41) is 5.24. The summed E-state index contributed by atoms with van der Waals surface area (Å²) >= 11 is 6.42. The van der Waals surface area contributed by atoms with Gasteiger partial charge in [0.25, 0.3) is 0 Å². The summed E-state index contributed by atoms with van der Waals surface area (Å²) in [6, 6.07) is 50.6. The van der Waals surface area contributed by atoms with E-state index in [1.54, 1.807) is 0 Å². The van der Waals surface area contributed by atoms with Crippen molar-refractivity contribution < 1.29 is 0 Å². The van der Waals surface area contributed by atoms with E-state index in [1.165, 1.54) is 69.9 Å². The molecule has 0 bridgehead atoms. The second-order valence-corrected chi connectivity index (χ2v) is 21.5. The largest absolute Gasteiger partial charge is 0.309 e. The summed E-state index contributed by atoms with van der Waals surface area (Å²) in [4.78, 5) is 0. The lowest BCUT2D eigenvalue weighted by Crippen LogP contribution is -1.92. The molecule has 0 fully saturated rings. The zero-order chi connectivity index (χ0) is 31.6. The minimum Gasteiger partial charge on any atom is -0.309 e. The highest BCUT2D eigenvalue weighted by molar-refractivity contribution is 14.2. The summed E-state index contributed by atoms with van der Waals surface area (Å²) in [7, 11) is -0.839. The van der Waals surface area contributed by atoms with E-state index < -0.39 is 7.49 Å². The van der Waals surface area contributed by atoms with Gasteiger partial charge in [0, 0.05) is 40.8 Å². The highest BCUT2D eigenvalue weighted by atomic mass is 127. The van der Waals surface area contributed by atoms with E-state index in [9.17, 15) is 0 Å². The van der Waals surface area contributed by atoms with Gasteiger partial charge in [0.1, 0.15) is 7.49 Å². The Labute approximate surface area is 295 Å². The highest BCUT2D eigenvalue weighted by Gasteiger charge is 2.14. The minimum atomic E-state index is -0.558. The summed E-state index contributed by atoms with van der Waals surface area (Å²) in [5.41, 5.74) is 8.68. The predicted molar refractivity (Wildman–Crippen MR) is 221 cm³/mol. The van der Waals surface area contributed by atoms with E-state index in [-0.39, 0.29) is 7.49 Å². The third-order valence-electron chi connectivity index (χ3n) is 7.86. The lowest BCUT2D eigenvalue weighted by Gasteiger charge is -2.09. The van der Waals surface area contributed by atoms with Crippen molar-refractivity contribution in [1.29, 1.82) is 2.67 Å². The fourth-order valence-corrected chi connectivity index (χ4v) is 16.2. The van der Waals surface area contributed by atoms with Crippen LogP contribution in [0.25, 0.3) is 69.9 Å². The molecule has 8 aromatic rings. The number of thiophene rings is 1. The molecular formula is C37H28BI2NP2S. The summed E-state index contributed by atoms with van der Waals surface area (Å²) in [6.07, 6.45) is 0. The molecule has 0 spiro atoms. The lowest BCUT2D eigenvalue weighted by molar-refractivity contribution is 1.18. The van der Waals surface area contributed by atoms with E-state index in [0.29, 0.717) is 0 Å². The number of hydrogen-bond donors (Lipinski definition) is 0. The Morgan fingerprint density at radius 2 is 1.36 bits per heavy atom. The number of benzene rings is 6. The number of hydrogen-bond acceptors (Lipinski definition) is 1. The number of alkyl halides is 1. The van der Waals surface area contributed by atoms with Gasteiger partial charge >= 0.3 is 0 Å². The standard InChI is InChI=1S/C36H23NS.CH5BI2P2/c1-2-9-27(10-3-1)37-33-15-6-4-11-29(33)32-23-26(21-22-34(32)37)24-17-19-25(20-18-24)28-13-8-14-31-30-12-5-7-16-35(30)38-36(28)31;2-6(1-3)5-4/h1-23H;5H,1-2H2/i;2TD. The number of nitrogens with zero attached hydrogens (tertiary/aromatic N) is 1. The van der Waals surface area contributed by atoms with E-state index >= 15 is 0 Å². The quantitative estimate of drug-likeness (QED) is 0.0680. The molecule has 2 heterocycles. The Kier molecular flexibility index (Phi) is 8.66. The van der Waals surface area contributed by atoms with Gasteiger partial charge in [-0.1, -0.05) is 148 Å². The van der Waals surface area contributed by atoms with Gasteiger partial charge in [-0.25, -0.2) is 0 Å². The molecule has 0 aliphatic carbocycles. The van der Waals surface area contributed by atoms with E-state index in [1.807, 2.05) is 11.3 Å². The maximum Gasteiger partial charge on any atom is 0.141 e. The van der Waals surface area contributed by atoms with Crippen LogP contribution in [0.2, 0.25) is 0 Å². The van der Waals surface area contributed by atoms with Crippen molar-refractivity contribution in [2.75, 3.05) is 4.17 Å². The maximum atomic E-state index is 7.03. The molecule has 0 aliphatic heterocycles. The Balaban J connectivity index is 0.000000378. The summed E-state index contributed by atoms with van der Waals surface area (Å²) in [6.45, 7) is 0. The van der Waals surface area contributed by atoms with Crippen LogP contribution in [0.1, 0.15) is 0 Å². The molecule has 2 atom stereocenters. The number of rotatable bonds is 6. The molecule has 0 amide bonds. The minimum absolute atomic E-state index is 0.281. The van der Waals surface area contributed by atoms with Gasteiger partial charge < -0.3 is 4.57 Å². The average molecular weight is 848 g/mol. The van der Waals surface area contributed by atoms with Crippen LogP contribution in [-0.2, 0) is 0 Å². The first-order valence-corrected chi connectivity index (χ1v) is 23.1. The molecule has 2 aromatic heterocycles. The molecule has 7 heteroatoms. The molecule has 2 unspecified atom stereocenters. The fourth-order valence-electron chi connectivity index (χ4n) is 5.85. The number of fused-ring (bicyclic) bond motifs is 6. The first-order chi connectivity index (χ1) is 22.6. The van der Waals surface area contributed by atoms with Crippen molar-refractivity contribution in [2.45, 2.75) is 0 Å². The Morgan fingerprint density at radius 3 is 2.11 bits per heavy atom. The first kappa shape index (κ1) is 28.0. The van der Waals surface area contributed by atoms with Crippen LogP contribution in [0.3, 0.4) is 0 Å². The van der Waals surface area contributed by atoms with Crippen LogP contribution in [0.4, 0.5) is 0 Å². The Morgan fingerprint density at radius 1 is 0.705 bits per heavy atom. The summed E-state index contributed by atoms with van der Waals surface area (Å²) < 4.78 is 20.1. The fraction of sp³-hybridized carbons (Fsp3) is 0.0270. The summed E-state index contributed by atoms with van der Waals surface area (Å²) in [5.74, 6) is 0.782. The van der Waals surface area contributed by atoms with Crippen molar-refractivity contribution in [3.8, 4) is 27.9 Å². The zero-order valence-electron chi connectivity index (χ0n) is 25.6. The molecule has 0 radical (unpaired) electrons. The third-order valence-corrected chi connectivity index (χ3v) is 20.4. The zero-order valence-corrected chi connectivity index (χ0v) is 30.6. The SMILES string of the molecule is [2H]B([3H])P(CI)PI.c1ccc(-n2c3ccccc3c3cc(-c4ccc(-c5cccc6c5sc5ccccc56)cc4)ccc32)cc1. The van der Waals surface area contributed by atoms with Crippen molar-refractivity contribution >= 4 is 119 Å². The van der Waals surface area contributed by atoms with Crippen molar-refractivity contribution in [1.82, 2.24) is 4.57 Å². The normalized spacial score (nSPS) is 12.9. The van der Waals surface area contributed by atoms with Crippen molar-refractivity contribution in [3.05, 3.63) is 140 Å². The Bertz CT molecular complexity index is 2290. The monoisotopic (exact) mass is 848 g/mol. The van der Waals surface area contributed by atoms with E-state index in [4.69, 9.17) is 2.67 Å². The lowest BCUT2D eigenvalue weighted by atomic mass is 9.98. The van der Waals surface area contributed by atoms with Gasteiger partial charge in [0.15, 0.2) is 0 Å². The van der Waals surface area contributed by atoms with Gasteiger partial charge in [-0.15, -0.1) is 18.8 Å². The average Bonchev–Trinajstić information content (AvgIpc) is 3.65. The van der Waals surface area contributed by atoms with Crippen LogP contribution in [-0.4, -0.2) is 18.9 Å². The molecule has 1 nitrogen and oxygen atoms in total. The maximum absolute atomic E-state index is 7.03. The molecule has 0 N–H and O–H groups in total. The molecule has 6 aromatic carbocycles. The topological polar surface area (TPSA) is 4.93 Å². The van der Waals surface area contributed by atoms with Gasteiger partial charge in [-0.2, -0.15) is 0 Å². The molecule has 0 aliphatic rings. The van der Waals surface area contributed by atoms with Crippen LogP contribution in [0.5, 0.6) is 0 Å². The van der Waals surface area contributed by atoms with Crippen LogP contribution in [0, 0.1) is 0 Å². The second kappa shape index (κ2) is 13.6. The van der Waals surface area contributed by atoms with E-state index in [2.05, 4.69) is 189 Å². The van der Waals surface area contributed by atoms with Gasteiger partial charge in [-0.05, 0) is 67.2 Å².